The fourth-order valence-corrected chi connectivity index (χ4v) is 5.43. The third-order valence-corrected chi connectivity index (χ3v) is 7.95. The van der Waals surface area contributed by atoms with Crippen molar-refractivity contribution in [2.45, 2.75) is 37.8 Å². The second kappa shape index (κ2) is 12.0. The van der Waals surface area contributed by atoms with Gasteiger partial charge in [0, 0.05) is 49.1 Å². The molecule has 0 bridgehead atoms. The number of nitrogens with two attached hydrogens (primary N) is 1. The summed E-state index contributed by atoms with van der Waals surface area (Å²) < 4.78 is 1.86. The lowest BCUT2D eigenvalue weighted by atomic mass is 10.1. The van der Waals surface area contributed by atoms with Crippen LogP contribution in [0.3, 0.4) is 0 Å². The molecule has 2 amide bonds. The zero-order valence-electron chi connectivity index (χ0n) is 23.8. The quantitative estimate of drug-likeness (QED) is 0.300. The molecule has 1 saturated heterocycles. The van der Waals surface area contributed by atoms with Crippen LogP contribution in [-0.2, 0) is 4.79 Å². The van der Waals surface area contributed by atoms with Gasteiger partial charge < -0.3 is 16.0 Å². The molecule has 6 rings (SSSR count). The van der Waals surface area contributed by atoms with Crippen LogP contribution in [-0.4, -0.2) is 79.1 Å². The molecule has 3 aromatic heterocycles. The molecule has 4 heterocycles. The van der Waals surface area contributed by atoms with Gasteiger partial charge in [0.05, 0.1) is 23.1 Å². The third-order valence-electron chi connectivity index (χ3n) is 7.95. The summed E-state index contributed by atoms with van der Waals surface area (Å²) in [4.78, 5) is 42.8. The predicted octanol–water partition coefficient (Wildman–Crippen LogP) is 3.41. The molecule has 2 aliphatic rings. The summed E-state index contributed by atoms with van der Waals surface area (Å²) in [5.41, 5.74) is 9.11. The topological polar surface area (TPSA) is 159 Å². The Hall–Kier alpha value is -5.15. The first-order valence-electron chi connectivity index (χ1n) is 14.3. The van der Waals surface area contributed by atoms with Crippen LogP contribution in [0.1, 0.15) is 47.6 Å². The first kappa shape index (κ1) is 28.0. The molecule has 43 heavy (non-hydrogen) atoms. The van der Waals surface area contributed by atoms with Gasteiger partial charge in [0.2, 0.25) is 5.91 Å². The molecule has 0 spiro atoms. The number of hydrogen-bond acceptors (Lipinski definition) is 9. The van der Waals surface area contributed by atoms with Crippen molar-refractivity contribution in [2.75, 3.05) is 37.7 Å². The number of benzene rings is 1. The molecule has 1 unspecified atom stereocenters. The van der Waals surface area contributed by atoms with Gasteiger partial charge in [-0.3, -0.25) is 14.5 Å². The third kappa shape index (κ3) is 6.07. The van der Waals surface area contributed by atoms with Crippen molar-refractivity contribution in [1.82, 2.24) is 34.5 Å². The number of aromatic nitrogens is 5. The van der Waals surface area contributed by atoms with E-state index in [1.54, 1.807) is 36.4 Å². The molecule has 1 aromatic carbocycles. The van der Waals surface area contributed by atoms with Crippen LogP contribution in [0.15, 0.2) is 61.1 Å². The number of piperidine rings is 1. The van der Waals surface area contributed by atoms with Crippen LogP contribution in [0.2, 0.25) is 0 Å². The standard InChI is InChI=1S/C31H32N10O2/c1-39(23-10-11-23)14-3-5-26(42)40-15-2-4-24(18-40)41-30-27(29(33)35-19-36-30)28(38-41)21-6-8-22(9-7-21)31(43)37-25-16-20(17-32)12-13-34-25/h3,5-9,12-13,16,19,23-24H,2,4,10-11,14-15,18H2,1H3,(H2,33,35,36)(H,34,37,43)/b5-3+. The van der Waals surface area contributed by atoms with Gasteiger partial charge in [0.25, 0.3) is 5.91 Å². The Morgan fingerprint density at radius 3 is 2.74 bits per heavy atom. The molecule has 1 atom stereocenters. The number of likely N-dealkylation sites (N-methyl/N-ethyl adjacent to an activating group) is 1. The molecule has 4 aromatic rings. The number of carbonyl (C=O) groups is 2. The number of fused-ring (bicyclic) bond motifs is 1. The Morgan fingerprint density at radius 2 is 1.98 bits per heavy atom. The Balaban J connectivity index is 1.21. The number of nitrogen functional groups attached to an aromatic ring is 1. The molecule has 2 fully saturated rings. The van der Waals surface area contributed by atoms with Crippen LogP contribution in [0, 0.1) is 11.3 Å². The molecule has 1 aliphatic carbocycles. The predicted molar refractivity (Wildman–Crippen MR) is 162 cm³/mol. The summed E-state index contributed by atoms with van der Waals surface area (Å²) in [7, 11) is 2.09. The maximum absolute atomic E-state index is 13.0. The highest BCUT2D eigenvalue weighted by Crippen LogP contribution is 2.34. The number of likely N-dealkylation sites (tertiary alicyclic amines) is 1. The van der Waals surface area contributed by atoms with Crippen molar-refractivity contribution in [3.8, 4) is 17.3 Å². The number of nitrogens with one attached hydrogen (secondary N) is 1. The van der Waals surface area contributed by atoms with Crippen LogP contribution >= 0.6 is 0 Å². The van der Waals surface area contributed by atoms with Gasteiger partial charge in [-0.25, -0.2) is 19.6 Å². The molecular weight excluding hydrogens is 544 g/mol. The molecule has 218 valence electrons. The molecule has 12 nitrogen and oxygen atoms in total. The van der Waals surface area contributed by atoms with Gasteiger partial charge in [-0.2, -0.15) is 10.4 Å². The van der Waals surface area contributed by atoms with Crippen LogP contribution in [0.5, 0.6) is 0 Å². The number of amides is 2. The zero-order valence-corrected chi connectivity index (χ0v) is 23.8. The van der Waals surface area contributed by atoms with Gasteiger partial charge in [0.15, 0.2) is 5.65 Å². The van der Waals surface area contributed by atoms with E-state index < -0.39 is 0 Å². The van der Waals surface area contributed by atoms with Crippen LogP contribution < -0.4 is 11.1 Å². The van der Waals surface area contributed by atoms with Crippen LogP contribution in [0.25, 0.3) is 22.3 Å². The lowest BCUT2D eigenvalue weighted by molar-refractivity contribution is -0.127. The van der Waals surface area contributed by atoms with E-state index in [1.807, 2.05) is 21.7 Å². The van der Waals surface area contributed by atoms with Crippen molar-refractivity contribution in [2.24, 2.45) is 0 Å². The van der Waals surface area contributed by atoms with E-state index in [1.165, 1.54) is 31.4 Å². The van der Waals surface area contributed by atoms with Gasteiger partial charge in [0.1, 0.15) is 23.7 Å². The smallest absolute Gasteiger partial charge is 0.256 e. The number of rotatable bonds is 8. The molecule has 3 N–H and O–H groups in total. The highest BCUT2D eigenvalue weighted by Gasteiger charge is 2.29. The second-order valence-electron chi connectivity index (χ2n) is 11.0. The summed E-state index contributed by atoms with van der Waals surface area (Å²) in [6, 6.07) is 12.7. The lowest BCUT2D eigenvalue weighted by Gasteiger charge is -2.32. The number of carbonyl (C=O) groups excluding carboxylic acids is 2. The van der Waals surface area contributed by atoms with E-state index in [4.69, 9.17) is 16.1 Å². The minimum Gasteiger partial charge on any atom is -0.383 e. The number of anilines is 2. The van der Waals surface area contributed by atoms with E-state index in [2.05, 4.69) is 32.2 Å². The number of pyridine rings is 1. The summed E-state index contributed by atoms with van der Waals surface area (Å²) in [5, 5.41) is 17.4. The zero-order chi connectivity index (χ0) is 29.9. The van der Waals surface area contributed by atoms with Gasteiger partial charge in [-0.05, 0) is 57.0 Å². The minimum atomic E-state index is -0.354. The monoisotopic (exact) mass is 576 g/mol. The van der Waals surface area contributed by atoms with E-state index in [0.717, 1.165) is 24.9 Å². The van der Waals surface area contributed by atoms with E-state index in [9.17, 15) is 9.59 Å². The molecule has 12 heteroatoms. The van der Waals surface area contributed by atoms with Gasteiger partial charge >= 0.3 is 0 Å². The van der Waals surface area contributed by atoms with E-state index >= 15 is 0 Å². The SMILES string of the molecule is CN(C/C=C/C(=O)N1CCCC(n2nc(-c3ccc(C(=O)Nc4cc(C#N)ccn4)cc3)c3c(N)ncnc32)C1)C1CC1. The second-order valence-corrected chi connectivity index (χ2v) is 11.0. The minimum absolute atomic E-state index is 0.00291. The summed E-state index contributed by atoms with van der Waals surface area (Å²) >= 11 is 0. The Labute approximate surface area is 248 Å². The first-order valence-corrected chi connectivity index (χ1v) is 14.3. The largest absolute Gasteiger partial charge is 0.383 e. The highest BCUT2D eigenvalue weighted by atomic mass is 16.2. The Bertz CT molecular complexity index is 1740. The molecule has 1 saturated carbocycles. The van der Waals surface area contributed by atoms with Crippen molar-refractivity contribution in [3.63, 3.8) is 0 Å². The first-order chi connectivity index (χ1) is 20.9. The van der Waals surface area contributed by atoms with Gasteiger partial charge in [-0.1, -0.05) is 18.2 Å². The van der Waals surface area contributed by atoms with Crippen molar-refractivity contribution in [1.29, 1.82) is 5.26 Å². The van der Waals surface area contributed by atoms with Crippen molar-refractivity contribution < 1.29 is 9.59 Å². The summed E-state index contributed by atoms with van der Waals surface area (Å²) in [6.45, 7) is 1.98. The Morgan fingerprint density at radius 1 is 1.16 bits per heavy atom. The molecule has 1 aliphatic heterocycles. The summed E-state index contributed by atoms with van der Waals surface area (Å²) in [5.74, 6) is 0.252. The van der Waals surface area contributed by atoms with Gasteiger partial charge in [-0.15, -0.1) is 0 Å². The average molecular weight is 577 g/mol. The molecular formula is C31H32N10O2. The fourth-order valence-electron chi connectivity index (χ4n) is 5.43. The van der Waals surface area contributed by atoms with Crippen molar-refractivity contribution >= 4 is 34.5 Å². The summed E-state index contributed by atoms with van der Waals surface area (Å²) in [6.07, 6.45) is 10.7. The van der Waals surface area contributed by atoms with E-state index in [-0.39, 0.29) is 17.9 Å². The number of hydrogen-bond donors (Lipinski definition) is 2. The Kier molecular flexibility index (Phi) is 7.81. The van der Waals surface area contributed by atoms with Crippen LogP contribution in [0.4, 0.5) is 11.6 Å². The van der Waals surface area contributed by atoms with E-state index in [0.29, 0.717) is 58.6 Å². The maximum atomic E-state index is 13.0. The number of nitriles is 1. The highest BCUT2D eigenvalue weighted by molar-refractivity contribution is 6.04. The maximum Gasteiger partial charge on any atom is 0.256 e. The average Bonchev–Trinajstić information content (AvgIpc) is 3.81. The lowest BCUT2D eigenvalue weighted by Crippen LogP contribution is -2.40. The number of nitrogens with zero attached hydrogens (tertiary/aromatic N) is 8. The molecule has 0 radical (unpaired) electrons. The normalized spacial score (nSPS) is 17.0. The van der Waals surface area contributed by atoms with Crippen molar-refractivity contribution in [3.05, 3.63) is 72.2 Å². The fraction of sp³-hybridized carbons (Fsp3) is 0.323.